The Bertz CT molecular complexity index is 996. The number of pyridine rings is 1. The summed E-state index contributed by atoms with van der Waals surface area (Å²) in [5.41, 5.74) is 4.08. The fraction of sp³-hybridized carbons (Fsp3) is 0.227. The fourth-order valence-corrected chi connectivity index (χ4v) is 3.83. The highest BCUT2D eigenvalue weighted by atomic mass is 32.2. The molecule has 1 aromatic heterocycles. The molecule has 1 heterocycles. The maximum Gasteiger partial charge on any atom is 0.237 e. The highest BCUT2D eigenvalue weighted by Gasteiger charge is 2.16. The van der Waals surface area contributed by atoms with Crippen molar-refractivity contribution in [3.63, 3.8) is 0 Å². The second-order valence-corrected chi connectivity index (χ2v) is 7.32. The van der Waals surface area contributed by atoms with Gasteiger partial charge in [0.2, 0.25) is 5.91 Å². The molecule has 1 amide bonds. The molecule has 5 heteroatoms. The van der Waals surface area contributed by atoms with Gasteiger partial charge in [-0.15, -0.1) is 0 Å². The molecule has 0 N–H and O–H groups in total. The number of nitriles is 1. The maximum absolute atomic E-state index is 12.8. The number of thioether (sulfide) groups is 1. The molecule has 0 spiro atoms. The van der Waals surface area contributed by atoms with Crippen molar-refractivity contribution in [2.45, 2.75) is 25.3 Å². The largest absolute Gasteiger partial charge is 0.311 e. The first kappa shape index (κ1) is 18.9. The van der Waals surface area contributed by atoms with E-state index in [-0.39, 0.29) is 11.7 Å². The molecule has 3 aromatic rings. The molecule has 0 saturated carbocycles. The second kappa shape index (κ2) is 8.70. The summed E-state index contributed by atoms with van der Waals surface area (Å²) >= 11 is 1.44. The van der Waals surface area contributed by atoms with Crippen LogP contribution in [0.2, 0.25) is 0 Å². The van der Waals surface area contributed by atoms with E-state index in [2.05, 4.69) is 19.1 Å². The minimum atomic E-state index is -0.0224. The van der Waals surface area contributed by atoms with Gasteiger partial charge in [-0.05, 0) is 43.2 Å². The summed E-state index contributed by atoms with van der Waals surface area (Å²) in [4.78, 5) is 19.2. The van der Waals surface area contributed by atoms with Crippen molar-refractivity contribution >= 4 is 34.3 Å². The average Bonchev–Trinajstić information content (AvgIpc) is 2.68. The van der Waals surface area contributed by atoms with Crippen molar-refractivity contribution in [3.8, 4) is 6.07 Å². The molecule has 0 aliphatic rings. The Hall–Kier alpha value is -2.84. The average molecular weight is 375 g/mol. The number of carbonyl (C=O) groups excluding carboxylic acids is 1. The number of para-hydroxylation sites is 2. The SMILES string of the molecule is Cc1cc(SCC(=O)N(CCC#N)c2ccccc2)nc2c(C)cccc12. The zero-order valence-electron chi connectivity index (χ0n) is 15.5. The molecule has 0 aliphatic heterocycles. The maximum atomic E-state index is 12.8. The highest BCUT2D eigenvalue weighted by Crippen LogP contribution is 2.26. The number of benzene rings is 2. The smallest absolute Gasteiger partial charge is 0.237 e. The van der Waals surface area contributed by atoms with E-state index < -0.39 is 0 Å². The molecule has 4 nitrogen and oxygen atoms in total. The molecule has 0 fully saturated rings. The Balaban J connectivity index is 1.78. The number of aromatic nitrogens is 1. The van der Waals surface area contributed by atoms with Crippen LogP contribution < -0.4 is 4.90 Å². The number of fused-ring (bicyclic) bond motifs is 1. The van der Waals surface area contributed by atoms with Crippen molar-refractivity contribution in [2.75, 3.05) is 17.2 Å². The standard InChI is InChI=1S/C22H21N3OS/c1-16-8-6-11-19-17(2)14-20(24-22(16)19)27-15-21(26)25(13-7-12-23)18-9-4-3-5-10-18/h3-6,8-11,14H,7,13,15H2,1-2H3. The summed E-state index contributed by atoms with van der Waals surface area (Å²) in [6.45, 7) is 4.51. The van der Waals surface area contributed by atoms with Crippen LogP contribution in [0.3, 0.4) is 0 Å². The molecule has 27 heavy (non-hydrogen) atoms. The highest BCUT2D eigenvalue weighted by molar-refractivity contribution is 7.99. The van der Waals surface area contributed by atoms with Crippen molar-refractivity contribution in [1.82, 2.24) is 4.98 Å². The predicted octanol–water partition coefficient (Wildman–Crippen LogP) is 4.89. The van der Waals surface area contributed by atoms with Gasteiger partial charge in [0.25, 0.3) is 0 Å². The van der Waals surface area contributed by atoms with E-state index in [1.165, 1.54) is 11.8 Å². The van der Waals surface area contributed by atoms with Gasteiger partial charge >= 0.3 is 0 Å². The van der Waals surface area contributed by atoms with Gasteiger partial charge in [-0.1, -0.05) is 48.2 Å². The van der Waals surface area contributed by atoms with Crippen LogP contribution in [0, 0.1) is 25.2 Å². The molecule has 0 radical (unpaired) electrons. The van der Waals surface area contributed by atoms with Gasteiger partial charge < -0.3 is 4.90 Å². The first-order valence-electron chi connectivity index (χ1n) is 8.82. The van der Waals surface area contributed by atoms with Crippen LogP contribution in [0.4, 0.5) is 5.69 Å². The molecule has 0 atom stereocenters. The number of carbonyl (C=O) groups is 1. The van der Waals surface area contributed by atoms with Crippen LogP contribution in [0.1, 0.15) is 17.5 Å². The van der Waals surface area contributed by atoms with E-state index in [0.29, 0.717) is 13.0 Å². The first-order chi connectivity index (χ1) is 13.1. The number of nitrogens with zero attached hydrogens (tertiary/aromatic N) is 3. The normalized spacial score (nSPS) is 10.6. The van der Waals surface area contributed by atoms with Gasteiger partial charge in [0, 0.05) is 17.6 Å². The molecule has 0 aliphatic carbocycles. The number of hydrogen-bond donors (Lipinski definition) is 0. The number of amides is 1. The lowest BCUT2D eigenvalue weighted by molar-refractivity contribution is -0.116. The quantitative estimate of drug-likeness (QED) is 0.576. The van der Waals surface area contributed by atoms with Gasteiger partial charge in [-0.25, -0.2) is 4.98 Å². The van der Waals surface area contributed by atoms with Crippen molar-refractivity contribution in [3.05, 3.63) is 65.7 Å². The van der Waals surface area contributed by atoms with Crippen LogP contribution in [0.15, 0.2) is 59.6 Å². The lowest BCUT2D eigenvalue weighted by Gasteiger charge is -2.21. The third-order valence-electron chi connectivity index (χ3n) is 4.38. The second-order valence-electron chi connectivity index (χ2n) is 6.33. The molecule has 0 saturated heterocycles. The van der Waals surface area contributed by atoms with Crippen LogP contribution in [-0.4, -0.2) is 23.2 Å². The Kier molecular flexibility index (Phi) is 6.10. The summed E-state index contributed by atoms with van der Waals surface area (Å²) in [6.07, 6.45) is 0.303. The molecule has 136 valence electrons. The van der Waals surface area contributed by atoms with Gasteiger partial charge in [-0.3, -0.25) is 4.79 Å². The Morgan fingerprint density at radius 3 is 2.63 bits per heavy atom. The van der Waals surface area contributed by atoms with E-state index in [1.807, 2.05) is 55.5 Å². The Morgan fingerprint density at radius 1 is 1.11 bits per heavy atom. The third-order valence-corrected chi connectivity index (χ3v) is 5.28. The third kappa shape index (κ3) is 4.47. The molecular weight excluding hydrogens is 354 g/mol. The van der Waals surface area contributed by atoms with E-state index in [1.54, 1.807) is 4.90 Å². The molecular formula is C22H21N3OS. The van der Waals surface area contributed by atoms with Crippen LogP contribution in [0.25, 0.3) is 10.9 Å². The minimum absolute atomic E-state index is 0.0224. The predicted molar refractivity (Wildman–Crippen MR) is 111 cm³/mol. The molecule has 0 bridgehead atoms. The van der Waals surface area contributed by atoms with Gasteiger partial charge in [0.1, 0.15) is 0 Å². The molecule has 3 rings (SSSR count). The van der Waals surface area contributed by atoms with Crippen LogP contribution in [0.5, 0.6) is 0 Å². The van der Waals surface area contributed by atoms with Crippen molar-refractivity contribution in [1.29, 1.82) is 5.26 Å². The van der Waals surface area contributed by atoms with Crippen molar-refractivity contribution < 1.29 is 4.79 Å². The Labute approximate surface area is 163 Å². The van der Waals surface area contributed by atoms with Gasteiger partial charge in [0.15, 0.2) is 0 Å². The van der Waals surface area contributed by atoms with Crippen LogP contribution >= 0.6 is 11.8 Å². The lowest BCUT2D eigenvalue weighted by Crippen LogP contribution is -2.33. The number of anilines is 1. The number of rotatable bonds is 6. The van der Waals surface area contributed by atoms with Gasteiger partial charge in [-0.2, -0.15) is 5.26 Å². The molecule has 0 unspecified atom stereocenters. The lowest BCUT2D eigenvalue weighted by atomic mass is 10.1. The van der Waals surface area contributed by atoms with E-state index in [0.717, 1.165) is 32.7 Å². The summed E-state index contributed by atoms with van der Waals surface area (Å²) < 4.78 is 0. The summed E-state index contributed by atoms with van der Waals surface area (Å²) in [5, 5.41) is 10.9. The topological polar surface area (TPSA) is 57.0 Å². The summed E-state index contributed by atoms with van der Waals surface area (Å²) in [6, 6.07) is 19.8. The first-order valence-corrected chi connectivity index (χ1v) is 9.81. The fourth-order valence-electron chi connectivity index (χ4n) is 2.99. The zero-order chi connectivity index (χ0) is 19.2. The monoisotopic (exact) mass is 375 g/mol. The zero-order valence-corrected chi connectivity index (χ0v) is 16.3. The minimum Gasteiger partial charge on any atom is -0.311 e. The Morgan fingerprint density at radius 2 is 1.89 bits per heavy atom. The molecule has 2 aromatic carbocycles. The summed E-state index contributed by atoms with van der Waals surface area (Å²) in [5.74, 6) is 0.259. The number of aryl methyl sites for hydroxylation is 2. The van der Waals surface area contributed by atoms with Crippen LogP contribution in [-0.2, 0) is 4.79 Å². The van der Waals surface area contributed by atoms with Crippen molar-refractivity contribution in [2.24, 2.45) is 0 Å². The van der Waals surface area contributed by atoms with E-state index in [4.69, 9.17) is 10.2 Å². The van der Waals surface area contributed by atoms with E-state index >= 15 is 0 Å². The number of hydrogen-bond acceptors (Lipinski definition) is 4. The van der Waals surface area contributed by atoms with Gasteiger partial charge in [0.05, 0.1) is 28.8 Å². The van der Waals surface area contributed by atoms with E-state index in [9.17, 15) is 4.79 Å². The summed E-state index contributed by atoms with van der Waals surface area (Å²) in [7, 11) is 0.